The van der Waals surface area contributed by atoms with Gasteiger partial charge in [0.05, 0.1) is 0 Å². The lowest BCUT2D eigenvalue weighted by molar-refractivity contribution is 1.08. The molecule has 0 spiro atoms. The van der Waals surface area contributed by atoms with Crippen LogP contribution in [0.25, 0.3) is 109 Å². The van der Waals surface area contributed by atoms with Gasteiger partial charge in [0.2, 0.25) is 0 Å². The molecule has 2 heterocycles. The van der Waals surface area contributed by atoms with Crippen molar-refractivity contribution in [1.29, 1.82) is 0 Å². The molecular weight excluding hydrogens is 639 g/mol. The van der Waals surface area contributed by atoms with E-state index in [2.05, 4.69) is 158 Å². The van der Waals surface area contributed by atoms with Crippen molar-refractivity contribution in [2.45, 2.75) is 0 Å². The van der Waals surface area contributed by atoms with Crippen molar-refractivity contribution in [3.8, 4) is 67.5 Å². The molecule has 0 radical (unpaired) electrons. The molecule has 0 bridgehead atoms. The first kappa shape index (κ1) is 28.4. The summed E-state index contributed by atoms with van der Waals surface area (Å²) in [7, 11) is 0. The second-order valence-corrected chi connectivity index (χ2v) is 14.2. The van der Waals surface area contributed by atoms with Crippen LogP contribution in [0.2, 0.25) is 0 Å². The van der Waals surface area contributed by atoms with E-state index in [4.69, 9.17) is 15.0 Å². The van der Waals surface area contributed by atoms with Crippen molar-refractivity contribution < 1.29 is 0 Å². The van der Waals surface area contributed by atoms with E-state index >= 15 is 0 Å². The largest absolute Gasteiger partial charge is 0.208 e. The molecule has 0 aliphatic heterocycles. The molecule has 3 nitrogen and oxygen atoms in total. The lowest BCUT2D eigenvalue weighted by atomic mass is 9.99. The lowest BCUT2D eigenvalue weighted by Crippen LogP contribution is -2.01. The number of thiophene rings is 1. The van der Waals surface area contributed by atoms with E-state index in [1.807, 2.05) is 17.4 Å². The molecule has 236 valence electrons. The second kappa shape index (κ2) is 11.0. The predicted molar refractivity (Wildman–Crippen MR) is 214 cm³/mol. The van der Waals surface area contributed by atoms with Crippen LogP contribution in [0.1, 0.15) is 0 Å². The minimum absolute atomic E-state index is 0.655. The molecule has 0 atom stereocenters. The molecule has 10 aromatic rings. The molecule has 0 saturated heterocycles. The van der Waals surface area contributed by atoms with Crippen LogP contribution < -0.4 is 0 Å². The zero-order chi connectivity index (χ0) is 33.5. The summed E-state index contributed by atoms with van der Waals surface area (Å²) >= 11 is 1.84. The van der Waals surface area contributed by atoms with Gasteiger partial charge in [0.1, 0.15) is 0 Å². The molecule has 0 saturated carbocycles. The Kier molecular flexibility index (Phi) is 6.12. The molecule has 8 aromatic carbocycles. The minimum atomic E-state index is 0.655. The van der Waals surface area contributed by atoms with Gasteiger partial charge in [0.15, 0.2) is 17.5 Å². The summed E-state index contributed by atoms with van der Waals surface area (Å²) in [6.45, 7) is 0. The van der Waals surface area contributed by atoms with Gasteiger partial charge in [-0.05, 0) is 73.1 Å². The molecule has 0 fully saturated rings. The quantitative estimate of drug-likeness (QED) is 0.188. The second-order valence-electron chi connectivity index (χ2n) is 13.2. The summed E-state index contributed by atoms with van der Waals surface area (Å²) in [4.78, 5) is 15.7. The molecule has 2 aromatic heterocycles. The van der Waals surface area contributed by atoms with Gasteiger partial charge in [-0.3, -0.25) is 0 Å². The number of benzene rings is 8. The van der Waals surface area contributed by atoms with Gasteiger partial charge in [-0.15, -0.1) is 11.3 Å². The Balaban J connectivity index is 1.14. The summed E-state index contributed by atoms with van der Waals surface area (Å²) in [5, 5.41) is 7.31. The van der Waals surface area contributed by atoms with Gasteiger partial charge in [0.25, 0.3) is 0 Å². The highest BCUT2D eigenvalue weighted by Crippen LogP contribution is 2.51. The highest BCUT2D eigenvalue weighted by molar-refractivity contribution is 7.26. The first-order chi connectivity index (χ1) is 25.3. The fraction of sp³-hybridized carbons (Fsp3) is 0. The monoisotopic (exact) mass is 665 g/mol. The van der Waals surface area contributed by atoms with Gasteiger partial charge < -0.3 is 0 Å². The van der Waals surface area contributed by atoms with Crippen LogP contribution >= 0.6 is 11.3 Å². The summed E-state index contributed by atoms with van der Waals surface area (Å²) in [5.41, 5.74) is 10.5. The SMILES string of the molecule is c1ccc(-c2ccc(-c3nc(-c4cccc5ccccc45)nc(-c4cccc5sc6cc7c(cc6c45)-c4cccc5cccc-7c45)n3)cc2)cc1. The van der Waals surface area contributed by atoms with Crippen molar-refractivity contribution in [2.24, 2.45) is 0 Å². The van der Waals surface area contributed by atoms with E-state index in [9.17, 15) is 0 Å². The molecule has 51 heavy (non-hydrogen) atoms. The Morgan fingerprint density at radius 3 is 1.69 bits per heavy atom. The number of rotatable bonds is 4. The summed E-state index contributed by atoms with van der Waals surface area (Å²) in [5.74, 6) is 1.99. The standard InChI is InChI=1S/C47H27N3S/c1-2-10-28(11-3-1)29-22-24-32(25-23-29)45-48-46(36-19-6-13-30-12-4-5-16-33(30)36)50-47(49-45)37-20-9-21-41-44(37)40-26-38-34-17-7-14-31-15-8-18-35(43(31)34)39(38)27-42(40)51-41/h1-27H. The third kappa shape index (κ3) is 4.40. The van der Waals surface area contributed by atoms with E-state index in [-0.39, 0.29) is 0 Å². The van der Waals surface area contributed by atoms with E-state index in [1.165, 1.54) is 58.8 Å². The normalized spacial score (nSPS) is 11.9. The molecule has 1 aliphatic carbocycles. The fourth-order valence-electron chi connectivity index (χ4n) is 7.90. The number of aromatic nitrogens is 3. The highest BCUT2D eigenvalue weighted by Gasteiger charge is 2.24. The number of hydrogen-bond acceptors (Lipinski definition) is 4. The lowest BCUT2D eigenvalue weighted by Gasteiger charge is -2.12. The van der Waals surface area contributed by atoms with Gasteiger partial charge in [-0.1, -0.05) is 146 Å². The number of hydrogen-bond donors (Lipinski definition) is 0. The van der Waals surface area contributed by atoms with Crippen LogP contribution in [-0.2, 0) is 0 Å². The molecular formula is C47H27N3S. The topological polar surface area (TPSA) is 38.7 Å². The first-order valence-corrected chi connectivity index (χ1v) is 18.0. The highest BCUT2D eigenvalue weighted by atomic mass is 32.1. The minimum Gasteiger partial charge on any atom is -0.208 e. The van der Waals surface area contributed by atoms with E-state index in [1.54, 1.807) is 0 Å². The van der Waals surface area contributed by atoms with E-state index in [0.717, 1.165) is 33.0 Å². The Morgan fingerprint density at radius 1 is 0.314 bits per heavy atom. The summed E-state index contributed by atoms with van der Waals surface area (Å²) in [6.07, 6.45) is 0. The zero-order valence-corrected chi connectivity index (χ0v) is 28.2. The molecule has 0 unspecified atom stereocenters. The summed E-state index contributed by atoms with van der Waals surface area (Å²) < 4.78 is 2.49. The van der Waals surface area contributed by atoms with Crippen LogP contribution in [0.5, 0.6) is 0 Å². The third-order valence-corrected chi connectivity index (χ3v) is 11.4. The van der Waals surface area contributed by atoms with Crippen LogP contribution in [0.15, 0.2) is 164 Å². The molecule has 1 aliphatic rings. The number of nitrogens with zero attached hydrogens (tertiary/aromatic N) is 3. The Labute approximate surface area is 298 Å². The molecule has 11 rings (SSSR count). The number of fused-ring (bicyclic) bond motifs is 7. The van der Waals surface area contributed by atoms with Crippen LogP contribution in [0, 0.1) is 0 Å². The smallest absolute Gasteiger partial charge is 0.164 e. The average Bonchev–Trinajstić information content (AvgIpc) is 3.73. The van der Waals surface area contributed by atoms with Crippen LogP contribution in [0.3, 0.4) is 0 Å². The molecule has 0 amide bonds. The fourth-order valence-corrected chi connectivity index (χ4v) is 9.06. The first-order valence-electron chi connectivity index (χ1n) is 17.2. The maximum atomic E-state index is 5.27. The van der Waals surface area contributed by atoms with Crippen molar-refractivity contribution >= 4 is 53.1 Å². The summed E-state index contributed by atoms with van der Waals surface area (Å²) in [6, 6.07) is 58.4. The van der Waals surface area contributed by atoms with E-state index in [0.29, 0.717) is 17.5 Å². The van der Waals surface area contributed by atoms with Gasteiger partial charge in [0, 0.05) is 36.9 Å². The third-order valence-electron chi connectivity index (χ3n) is 10.3. The van der Waals surface area contributed by atoms with Gasteiger partial charge in [-0.25, -0.2) is 15.0 Å². The van der Waals surface area contributed by atoms with Gasteiger partial charge >= 0.3 is 0 Å². The average molecular weight is 666 g/mol. The Bertz CT molecular complexity index is 3010. The van der Waals surface area contributed by atoms with Crippen molar-refractivity contribution in [3.63, 3.8) is 0 Å². The van der Waals surface area contributed by atoms with Crippen LogP contribution in [-0.4, -0.2) is 15.0 Å². The van der Waals surface area contributed by atoms with Gasteiger partial charge in [-0.2, -0.15) is 0 Å². The van der Waals surface area contributed by atoms with Crippen LogP contribution in [0.4, 0.5) is 0 Å². The van der Waals surface area contributed by atoms with Crippen molar-refractivity contribution in [2.75, 3.05) is 0 Å². The Hall–Kier alpha value is -6.49. The van der Waals surface area contributed by atoms with E-state index < -0.39 is 0 Å². The maximum absolute atomic E-state index is 5.27. The zero-order valence-electron chi connectivity index (χ0n) is 27.3. The van der Waals surface area contributed by atoms with Crippen molar-refractivity contribution in [1.82, 2.24) is 15.0 Å². The molecule has 0 N–H and O–H groups in total. The predicted octanol–water partition coefficient (Wildman–Crippen LogP) is 12.9. The maximum Gasteiger partial charge on any atom is 0.164 e. The molecule has 4 heteroatoms. The Morgan fingerprint density at radius 2 is 0.882 bits per heavy atom. The van der Waals surface area contributed by atoms with Crippen molar-refractivity contribution in [3.05, 3.63) is 164 Å².